The van der Waals surface area contributed by atoms with Crippen LogP contribution in [0, 0.1) is 6.07 Å². The van der Waals surface area contributed by atoms with Crippen molar-refractivity contribution in [3.63, 3.8) is 0 Å². The van der Waals surface area contributed by atoms with Crippen LogP contribution < -0.4 is 0 Å². The van der Waals surface area contributed by atoms with Crippen LogP contribution in [0.2, 0.25) is 0 Å². The van der Waals surface area contributed by atoms with E-state index in [4.69, 9.17) is 0 Å². The smallest absolute Gasteiger partial charge is 0.0345 e. The zero-order chi connectivity index (χ0) is 36.6. The van der Waals surface area contributed by atoms with E-state index < -0.39 is 0 Å². The molecule has 0 aliphatic carbocycles. The van der Waals surface area contributed by atoms with Crippen molar-refractivity contribution < 1.29 is 0 Å². The number of unbranched alkanes of at least 4 members (excludes halogenated alkanes) is 33. The molecule has 1 aromatic rings. The standard InChI is InChI=1S/C48H89S3/c1-4-7-10-13-16-19-22-25-28-31-34-37-43-49-46-41-40-42-47(50-44-38-35-32-29-26-23-20-17-14-11-8-5-2)48(46)51-45-39-36-33-30-27-24-21-18-15-12-9-6-3/h41-42H,4-39,43-45H2,1-3H3. The molecule has 0 aromatic heterocycles. The summed E-state index contributed by atoms with van der Waals surface area (Å²) in [6.45, 7) is 6.94. The van der Waals surface area contributed by atoms with Crippen LogP contribution in [0.25, 0.3) is 0 Å². The molecule has 1 rings (SSSR count). The molecule has 299 valence electrons. The largest absolute Gasteiger partial charge is 0.125 e. The molecule has 0 amide bonds. The van der Waals surface area contributed by atoms with Gasteiger partial charge in [0.1, 0.15) is 0 Å². The van der Waals surface area contributed by atoms with Crippen LogP contribution in [-0.2, 0) is 0 Å². The maximum atomic E-state index is 3.56. The van der Waals surface area contributed by atoms with Crippen LogP contribution in [0.4, 0.5) is 0 Å². The maximum absolute atomic E-state index is 3.56. The fraction of sp³-hybridized carbons (Fsp3) is 0.875. The second-order valence-corrected chi connectivity index (χ2v) is 19.1. The van der Waals surface area contributed by atoms with Crippen LogP contribution >= 0.6 is 35.3 Å². The molecule has 51 heavy (non-hydrogen) atoms. The molecular formula is C48H89S3. The Kier molecular flexibility index (Phi) is 40.0. The first-order valence-electron chi connectivity index (χ1n) is 23.3. The van der Waals surface area contributed by atoms with E-state index in [1.54, 1.807) is 4.90 Å². The molecule has 0 saturated carbocycles. The average molecular weight is 762 g/mol. The Morgan fingerprint density at radius 1 is 0.294 bits per heavy atom. The summed E-state index contributed by atoms with van der Waals surface area (Å²) in [5.41, 5.74) is 0. The molecule has 1 aromatic carbocycles. The molecule has 0 aliphatic rings. The summed E-state index contributed by atoms with van der Waals surface area (Å²) in [7, 11) is 0. The van der Waals surface area contributed by atoms with Gasteiger partial charge >= 0.3 is 0 Å². The van der Waals surface area contributed by atoms with E-state index in [9.17, 15) is 0 Å². The first-order valence-corrected chi connectivity index (χ1v) is 26.2. The Morgan fingerprint density at radius 3 is 0.765 bits per heavy atom. The SMILES string of the molecule is CCCCCCCCCCCCCCSc1c[c]cc(SCCCCCCCCCCCCCC)c1SCCCCCCCCCCCCCC. The van der Waals surface area contributed by atoms with Crippen LogP contribution in [0.3, 0.4) is 0 Å². The molecule has 3 heteroatoms. The van der Waals surface area contributed by atoms with Crippen LogP contribution in [0.15, 0.2) is 26.8 Å². The highest BCUT2D eigenvalue weighted by molar-refractivity contribution is 8.03. The van der Waals surface area contributed by atoms with E-state index in [0.717, 1.165) is 0 Å². The summed E-state index contributed by atoms with van der Waals surface area (Å²) in [6, 6.07) is 8.18. The summed E-state index contributed by atoms with van der Waals surface area (Å²) in [6.07, 6.45) is 51.5. The van der Waals surface area contributed by atoms with Gasteiger partial charge in [-0.3, -0.25) is 0 Å². The monoisotopic (exact) mass is 762 g/mol. The second-order valence-electron chi connectivity index (χ2n) is 15.7. The fourth-order valence-corrected chi connectivity index (χ4v) is 10.8. The van der Waals surface area contributed by atoms with Gasteiger partial charge in [-0.05, 0) is 54.7 Å². The van der Waals surface area contributed by atoms with Crippen molar-refractivity contribution in [2.45, 2.75) is 267 Å². The zero-order valence-electron chi connectivity index (χ0n) is 35.0. The van der Waals surface area contributed by atoms with Crippen LogP contribution in [0.5, 0.6) is 0 Å². The highest BCUT2D eigenvalue weighted by Crippen LogP contribution is 2.40. The molecule has 0 unspecified atom stereocenters. The van der Waals surface area contributed by atoms with E-state index in [1.165, 1.54) is 258 Å². The maximum Gasteiger partial charge on any atom is 0.0345 e. The topological polar surface area (TPSA) is 0 Å². The van der Waals surface area contributed by atoms with Crippen molar-refractivity contribution in [2.24, 2.45) is 0 Å². The Bertz CT molecular complexity index is 759. The number of hydrogen-bond acceptors (Lipinski definition) is 3. The van der Waals surface area contributed by atoms with E-state index in [0.29, 0.717) is 0 Å². The molecule has 0 fully saturated rings. The van der Waals surface area contributed by atoms with Gasteiger partial charge in [-0.1, -0.05) is 233 Å². The van der Waals surface area contributed by atoms with Crippen molar-refractivity contribution in [3.05, 3.63) is 18.2 Å². The fourth-order valence-electron chi connectivity index (χ4n) is 7.17. The third-order valence-corrected chi connectivity index (χ3v) is 14.4. The Balaban J connectivity index is 2.35. The molecule has 0 bridgehead atoms. The average Bonchev–Trinajstić information content (AvgIpc) is 3.14. The highest BCUT2D eigenvalue weighted by atomic mass is 32.2. The van der Waals surface area contributed by atoms with Crippen molar-refractivity contribution in [1.82, 2.24) is 0 Å². The quantitative estimate of drug-likeness (QED) is 0.0481. The summed E-state index contributed by atoms with van der Waals surface area (Å²) in [5, 5.41) is 0. The molecule has 0 nitrogen and oxygen atoms in total. The lowest BCUT2D eigenvalue weighted by Crippen LogP contribution is -1.91. The number of thioether (sulfide) groups is 3. The molecule has 0 aliphatic heterocycles. The number of rotatable bonds is 42. The van der Waals surface area contributed by atoms with Gasteiger partial charge in [-0.25, -0.2) is 0 Å². The number of hydrogen-bond donors (Lipinski definition) is 0. The van der Waals surface area contributed by atoms with Gasteiger partial charge in [0, 0.05) is 14.7 Å². The predicted octanol–water partition coefficient (Wildman–Crippen LogP) is 18.9. The van der Waals surface area contributed by atoms with E-state index in [1.807, 2.05) is 0 Å². The normalized spacial score (nSPS) is 11.6. The minimum absolute atomic E-state index is 1.27. The van der Waals surface area contributed by atoms with Gasteiger partial charge in [-0.2, -0.15) is 0 Å². The molecule has 0 atom stereocenters. The third kappa shape index (κ3) is 33.3. The van der Waals surface area contributed by atoms with Crippen LogP contribution in [0.1, 0.15) is 252 Å². The summed E-state index contributed by atoms with van der Waals surface area (Å²) in [5.74, 6) is 3.81. The van der Waals surface area contributed by atoms with Crippen LogP contribution in [-0.4, -0.2) is 17.3 Å². The lowest BCUT2D eigenvalue weighted by molar-refractivity contribution is 0.548. The first kappa shape index (κ1) is 49.3. The summed E-state index contributed by atoms with van der Waals surface area (Å²) < 4.78 is 0. The Labute approximate surface area is 335 Å². The van der Waals surface area contributed by atoms with Gasteiger partial charge < -0.3 is 0 Å². The molecule has 0 spiro atoms. The minimum atomic E-state index is 1.27. The minimum Gasteiger partial charge on any atom is -0.125 e. The molecule has 1 radical (unpaired) electrons. The zero-order valence-corrected chi connectivity index (χ0v) is 37.4. The van der Waals surface area contributed by atoms with Gasteiger partial charge in [0.25, 0.3) is 0 Å². The van der Waals surface area contributed by atoms with Gasteiger partial charge in [-0.15, -0.1) is 35.3 Å². The van der Waals surface area contributed by atoms with Crippen molar-refractivity contribution in [1.29, 1.82) is 0 Å². The van der Waals surface area contributed by atoms with Gasteiger partial charge in [0.2, 0.25) is 0 Å². The number of benzene rings is 1. The molecule has 0 heterocycles. The lowest BCUT2D eigenvalue weighted by atomic mass is 10.1. The van der Waals surface area contributed by atoms with E-state index >= 15 is 0 Å². The van der Waals surface area contributed by atoms with E-state index in [-0.39, 0.29) is 0 Å². The van der Waals surface area contributed by atoms with Crippen molar-refractivity contribution in [3.8, 4) is 0 Å². The molecule has 0 saturated heterocycles. The highest BCUT2D eigenvalue weighted by Gasteiger charge is 2.11. The Hall–Kier alpha value is 0.270. The van der Waals surface area contributed by atoms with Gasteiger partial charge in [0.15, 0.2) is 0 Å². The Morgan fingerprint density at radius 2 is 0.510 bits per heavy atom. The second kappa shape index (κ2) is 41.4. The summed E-state index contributed by atoms with van der Waals surface area (Å²) >= 11 is 6.41. The van der Waals surface area contributed by atoms with Crippen molar-refractivity contribution >= 4 is 35.3 Å². The summed E-state index contributed by atoms with van der Waals surface area (Å²) in [4.78, 5) is 4.62. The van der Waals surface area contributed by atoms with E-state index in [2.05, 4.69) is 74.3 Å². The lowest BCUT2D eigenvalue weighted by Gasteiger charge is -2.14. The van der Waals surface area contributed by atoms with Crippen molar-refractivity contribution in [2.75, 3.05) is 17.3 Å². The van der Waals surface area contributed by atoms with Gasteiger partial charge in [0.05, 0.1) is 0 Å². The predicted molar refractivity (Wildman–Crippen MR) is 241 cm³/mol. The third-order valence-electron chi connectivity index (χ3n) is 10.6. The first-order chi connectivity index (χ1) is 25.3. The molecular weight excluding hydrogens is 673 g/mol. The molecule has 0 N–H and O–H groups in total.